The molecule has 1 aliphatic heterocycles. The molecule has 0 spiro atoms. The van der Waals surface area contributed by atoms with Crippen molar-refractivity contribution in [1.82, 2.24) is 4.90 Å². The van der Waals surface area contributed by atoms with Crippen molar-refractivity contribution in [2.24, 2.45) is 5.41 Å². The molecule has 1 atom stereocenters. The maximum Gasteiger partial charge on any atom is 0.0834 e. The molecule has 1 aliphatic rings. The monoisotopic (exact) mass is 185 g/mol. The molecular weight excluding hydrogens is 162 g/mol. The summed E-state index contributed by atoms with van der Waals surface area (Å²) in [5, 5.41) is 10.4. The highest BCUT2D eigenvalue weighted by atomic mass is 16.3. The van der Waals surface area contributed by atoms with Crippen LogP contribution in [0.15, 0.2) is 0 Å². The first-order valence-electron chi connectivity index (χ1n) is 5.34. The summed E-state index contributed by atoms with van der Waals surface area (Å²) in [4.78, 5) is 2.37. The van der Waals surface area contributed by atoms with E-state index in [1.165, 1.54) is 6.42 Å². The lowest BCUT2D eigenvalue weighted by molar-refractivity contribution is -0.0475. The summed E-state index contributed by atoms with van der Waals surface area (Å²) in [5.74, 6) is 0. The molecule has 1 fully saturated rings. The minimum absolute atomic E-state index is 0.00942. The van der Waals surface area contributed by atoms with Gasteiger partial charge in [0.15, 0.2) is 0 Å². The molecule has 1 saturated heterocycles. The first-order valence-corrected chi connectivity index (χ1v) is 5.34. The highest BCUT2D eigenvalue weighted by Crippen LogP contribution is 2.37. The summed E-state index contributed by atoms with van der Waals surface area (Å²) < 4.78 is 0. The summed E-state index contributed by atoms with van der Waals surface area (Å²) in [6, 6.07) is 0. The van der Waals surface area contributed by atoms with Crippen LogP contribution in [0.1, 0.15) is 40.5 Å². The van der Waals surface area contributed by atoms with Gasteiger partial charge in [0.2, 0.25) is 0 Å². The third kappa shape index (κ3) is 2.23. The van der Waals surface area contributed by atoms with Crippen molar-refractivity contribution in [1.29, 1.82) is 0 Å². The van der Waals surface area contributed by atoms with E-state index in [0.717, 1.165) is 26.1 Å². The molecule has 0 radical (unpaired) electrons. The van der Waals surface area contributed by atoms with E-state index < -0.39 is 5.60 Å². The van der Waals surface area contributed by atoms with Crippen molar-refractivity contribution >= 4 is 0 Å². The molecule has 0 bridgehead atoms. The zero-order chi connectivity index (χ0) is 10.1. The molecule has 0 aliphatic carbocycles. The molecule has 2 nitrogen and oxygen atoms in total. The minimum atomic E-state index is -0.470. The van der Waals surface area contributed by atoms with E-state index in [9.17, 15) is 5.11 Å². The Balaban J connectivity index is 2.56. The standard InChI is InChI=1S/C11H23NO/c1-5-7-12-8-6-11(13,9-12)10(2,3)4/h13H,5-9H2,1-4H3. The van der Waals surface area contributed by atoms with Crippen LogP contribution in [0.4, 0.5) is 0 Å². The molecule has 1 N–H and O–H groups in total. The van der Waals surface area contributed by atoms with Crippen LogP contribution in [0.25, 0.3) is 0 Å². The molecule has 0 saturated carbocycles. The van der Waals surface area contributed by atoms with Crippen LogP contribution in [0.2, 0.25) is 0 Å². The van der Waals surface area contributed by atoms with Gasteiger partial charge < -0.3 is 10.0 Å². The second kappa shape index (κ2) is 3.58. The van der Waals surface area contributed by atoms with Gasteiger partial charge in [0.1, 0.15) is 0 Å². The SMILES string of the molecule is CCCN1CCC(O)(C(C)(C)C)C1. The van der Waals surface area contributed by atoms with Gasteiger partial charge in [-0.05, 0) is 24.8 Å². The number of likely N-dealkylation sites (tertiary alicyclic amines) is 1. The van der Waals surface area contributed by atoms with E-state index >= 15 is 0 Å². The van der Waals surface area contributed by atoms with Crippen molar-refractivity contribution in [2.75, 3.05) is 19.6 Å². The third-order valence-electron chi connectivity index (χ3n) is 3.26. The van der Waals surface area contributed by atoms with Gasteiger partial charge >= 0.3 is 0 Å². The van der Waals surface area contributed by atoms with Gasteiger partial charge in [0.05, 0.1) is 5.60 Å². The van der Waals surface area contributed by atoms with Crippen molar-refractivity contribution in [3.05, 3.63) is 0 Å². The number of nitrogens with zero attached hydrogens (tertiary/aromatic N) is 1. The lowest BCUT2D eigenvalue weighted by Gasteiger charge is -2.37. The Bertz CT molecular complexity index is 173. The zero-order valence-corrected chi connectivity index (χ0v) is 9.43. The van der Waals surface area contributed by atoms with Crippen LogP contribution >= 0.6 is 0 Å². The quantitative estimate of drug-likeness (QED) is 0.710. The maximum atomic E-state index is 10.4. The van der Waals surface area contributed by atoms with Crippen LogP contribution in [0, 0.1) is 5.41 Å². The van der Waals surface area contributed by atoms with Crippen LogP contribution in [-0.2, 0) is 0 Å². The van der Waals surface area contributed by atoms with Gasteiger partial charge in [-0.1, -0.05) is 27.7 Å². The smallest absolute Gasteiger partial charge is 0.0834 e. The van der Waals surface area contributed by atoms with E-state index in [-0.39, 0.29) is 5.41 Å². The Hall–Kier alpha value is -0.0800. The molecule has 1 heterocycles. The van der Waals surface area contributed by atoms with E-state index in [1.807, 2.05) is 0 Å². The third-order valence-corrected chi connectivity index (χ3v) is 3.26. The van der Waals surface area contributed by atoms with Gasteiger partial charge in [0, 0.05) is 13.1 Å². The summed E-state index contributed by atoms with van der Waals surface area (Å²) in [7, 11) is 0. The number of β-amino-alcohol motifs (C(OH)–C–C–N with tert-alkyl or cyclic N) is 1. The van der Waals surface area contributed by atoms with E-state index in [4.69, 9.17) is 0 Å². The van der Waals surface area contributed by atoms with Gasteiger partial charge in [-0.3, -0.25) is 0 Å². The number of aliphatic hydroxyl groups is 1. The van der Waals surface area contributed by atoms with E-state index in [1.54, 1.807) is 0 Å². The number of rotatable bonds is 2. The summed E-state index contributed by atoms with van der Waals surface area (Å²) in [6.45, 7) is 11.6. The molecule has 0 aromatic heterocycles. The molecule has 13 heavy (non-hydrogen) atoms. The Morgan fingerprint density at radius 3 is 2.38 bits per heavy atom. The first-order chi connectivity index (χ1) is 5.89. The molecular formula is C11H23NO. The molecule has 0 amide bonds. The molecule has 2 heteroatoms. The lowest BCUT2D eigenvalue weighted by atomic mass is 9.76. The average Bonchev–Trinajstić information content (AvgIpc) is 2.32. The Morgan fingerprint density at radius 2 is 2.00 bits per heavy atom. The average molecular weight is 185 g/mol. The van der Waals surface area contributed by atoms with Gasteiger partial charge in [-0.25, -0.2) is 0 Å². The number of hydrogen-bond donors (Lipinski definition) is 1. The van der Waals surface area contributed by atoms with Crippen LogP contribution in [0.5, 0.6) is 0 Å². The Kier molecular flexibility index (Phi) is 3.03. The highest BCUT2D eigenvalue weighted by molar-refractivity contribution is 4.98. The van der Waals surface area contributed by atoms with Gasteiger partial charge in [-0.2, -0.15) is 0 Å². The molecule has 0 aromatic carbocycles. The minimum Gasteiger partial charge on any atom is -0.388 e. The van der Waals surface area contributed by atoms with Crippen LogP contribution in [0.3, 0.4) is 0 Å². The van der Waals surface area contributed by atoms with Crippen molar-refractivity contribution in [3.63, 3.8) is 0 Å². The van der Waals surface area contributed by atoms with Crippen molar-refractivity contribution in [2.45, 2.75) is 46.1 Å². The lowest BCUT2D eigenvalue weighted by Crippen LogP contribution is -2.45. The molecule has 78 valence electrons. The first kappa shape index (κ1) is 11.0. The zero-order valence-electron chi connectivity index (χ0n) is 9.43. The normalized spacial score (nSPS) is 31.2. The maximum absolute atomic E-state index is 10.4. The van der Waals surface area contributed by atoms with E-state index in [0.29, 0.717) is 0 Å². The second-order valence-electron chi connectivity index (χ2n) is 5.31. The summed E-state index contributed by atoms with van der Waals surface area (Å²) in [6.07, 6.45) is 2.11. The predicted octanol–water partition coefficient (Wildman–Crippen LogP) is 1.88. The fourth-order valence-corrected chi connectivity index (χ4v) is 1.99. The van der Waals surface area contributed by atoms with Crippen LogP contribution in [-0.4, -0.2) is 35.2 Å². The molecule has 1 unspecified atom stereocenters. The topological polar surface area (TPSA) is 23.5 Å². The fourth-order valence-electron chi connectivity index (χ4n) is 1.99. The summed E-state index contributed by atoms with van der Waals surface area (Å²) >= 11 is 0. The largest absolute Gasteiger partial charge is 0.388 e. The molecule has 0 aromatic rings. The Labute approximate surface area is 81.9 Å². The fraction of sp³-hybridized carbons (Fsp3) is 1.00. The van der Waals surface area contributed by atoms with Gasteiger partial charge in [0.25, 0.3) is 0 Å². The van der Waals surface area contributed by atoms with Crippen molar-refractivity contribution in [3.8, 4) is 0 Å². The van der Waals surface area contributed by atoms with E-state index in [2.05, 4.69) is 32.6 Å². The second-order valence-corrected chi connectivity index (χ2v) is 5.31. The summed E-state index contributed by atoms with van der Waals surface area (Å²) in [5.41, 5.74) is -0.461. The highest BCUT2D eigenvalue weighted by Gasteiger charge is 2.44. The van der Waals surface area contributed by atoms with Gasteiger partial charge in [-0.15, -0.1) is 0 Å². The number of hydrogen-bond acceptors (Lipinski definition) is 2. The van der Waals surface area contributed by atoms with Crippen LogP contribution < -0.4 is 0 Å². The van der Waals surface area contributed by atoms with Crippen molar-refractivity contribution < 1.29 is 5.11 Å². The predicted molar refractivity (Wildman–Crippen MR) is 55.8 cm³/mol. The molecule has 1 rings (SSSR count). The Morgan fingerprint density at radius 1 is 1.38 bits per heavy atom.